The summed E-state index contributed by atoms with van der Waals surface area (Å²) in [6, 6.07) is 14.2. The van der Waals surface area contributed by atoms with Crippen LogP contribution in [0, 0.1) is 11.6 Å². The van der Waals surface area contributed by atoms with Crippen LogP contribution in [-0.4, -0.2) is 10.8 Å². The molecular weight excluding hydrogens is 298 g/mol. The molecule has 5 heteroatoms. The zero-order chi connectivity index (χ0) is 16.4. The van der Waals surface area contributed by atoms with Crippen molar-refractivity contribution in [2.45, 2.75) is 0 Å². The maximum Gasteiger partial charge on any atom is 0.212 e. The lowest BCUT2D eigenvalue weighted by atomic mass is 9.98. The summed E-state index contributed by atoms with van der Waals surface area (Å²) in [6.07, 6.45) is 0. The summed E-state index contributed by atoms with van der Waals surface area (Å²) in [5.74, 6) is -1.08. The highest BCUT2D eigenvalue weighted by atomic mass is 19.1. The predicted octanol–water partition coefficient (Wildman–Crippen LogP) is 3.84. The quantitative estimate of drug-likeness (QED) is 0.748. The maximum absolute atomic E-state index is 13.5. The van der Waals surface area contributed by atoms with Gasteiger partial charge in [0.1, 0.15) is 23.1 Å². The molecule has 0 aliphatic carbocycles. The third kappa shape index (κ3) is 3.08. The van der Waals surface area contributed by atoms with Crippen LogP contribution in [0.5, 0.6) is 0 Å². The number of rotatable bonds is 3. The molecule has 1 aromatic heterocycles. The summed E-state index contributed by atoms with van der Waals surface area (Å²) in [5.41, 5.74) is 7.04. The van der Waals surface area contributed by atoms with Crippen molar-refractivity contribution in [1.29, 1.82) is 0 Å². The Hall–Kier alpha value is -3.08. The van der Waals surface area contributed by atoms with E-state index in [0.29, 0.717) is 11.1 Å². The molecule has 2 N–H and O–H groups in total. The summed E-state index contributed by atoms with van der Waals surface area (Å²) in [5, 5.41) is 0. The van der Waals surface area contributed by atoms with Crippen molar-refractivity contribution in [3.8, 4) is 11.1 Å². The zero-order valence-electron chi connectivity index (χ0n) is 12.0. The van der Waals surface area contributed by atoms with Gasteiger partial charge in [0.05, 0.1) is 0 Å². The number of carbonyl (C=O) groups is 1. The topological polar surface area (TPSA) is 56.0 Å². The fourth-order valence-electron chi connectivity index (χ4n) is 2.27. The van der Waals surface area contributed by atoms with Gasteiger partial charge in [-0.1, -0.05) is 12.1 Å². The van der Waals surface area contributed by atoms with Gasteiger partial charge < -0.3 is 5.73 Å². The molecule has 0 aliphatic heterocycles. The molecule has 0 fully saturated rings. The first-order valence-electron chi connectivity index (χ1n) is 6.87. The molecule has 0 spiro atoms. The Bertz CT molecular complexity index is 876. The largest absolute Gasteiger partial charge is 0.384 e. The summed E-state index contributed by atoms with van der Waals surface area (Å²) in [4.78, 5) is 16.7. The summed E-state index contributed by atoms with van der Waals surface area (Å²) in [6.45, 7) is 0. The molecule has 0 amide bonds. The molecule has 3 nitrogen and oxygen atoms in total. The van der Waals surface area contributed by atoms with E-state index in [2.05, 4.69) is 4.98 Å². The highest BCUT2D eigenvalue weighted by molar-refractivity contribution is 6.11. The van der Waals surface area contributed by atoms with Crippen LogP contribution in [0.1, 0.15) is 16.1 Å². The van der Waals surface area contributed by atoms with Crippen molar-refractivity contribution in [2.75, 3.05) is 5.73 Å². The van der Waals surface area contributed by atoms with E-state index < -0.39 is 17.4 Å². The molecule has 23 heavy (non-hydrogen) atoms. The second-order valence-corrected chi connectivity index (χ2v) is 4.98. The third-order valence-electron chi connectivity index (χ3n) is 3.37. The summed E-state index contributed by atoms with van der Waals surface area (Å²) >= 11 is 0. The van der Waals surface area contributed by atoms with E-state index in [1.807, 2.05) is 0 Å². The Kier molecular flexibility index (Phi) is 3.85. The van der Waals surface area contributed by atoms with Crippen molar-refractivity contribution in [1.82, 2.24) is 4.98 Å². The number of aromatic nitrogens is 1. The molecule has 0 radical (unpaired) electrons. The fourth-order valence-corrected chi connectivity index (χ4v) is 2.27. The smallest absolute Gasteiger partial charge is 0.212 e. The molecule has 0 unspecified atom stereocenters. The molecule has 0 atom stereocenters. The Morgan fingerprint density at radius 1 is 0.913 bits per heavy atom. The predicted molar refractivity (Wildman–Crippen MR) is 83.9 cm³/mol. The minimum Gasteiger partial charge on any atom is -0.384 e. The lowest BCUT2D eigenvalue weighted by Gasteiger charge is -2.09. The first-order chi connectivity index (χ1) is 11.0. The number of nitrogens with two attached hydrogens (primary N) is 1. The molecular formula is C18H12F2N2O. The monoisotopic (exact) mass is 310 g/mol. The van der Waals surface area contributed by atoms with Gasteiger partial charge in [-0.2, -0.15) is 0 Å². The van der Waals surface area contributed by atoms with Crippen LogP contribution in [-0.2, 0) is 0 Å². The Morgan fingerprint density at radius 2 is 1.65 bits per heavy atom. The Balaban J connectivity index is 2.13. The van der Waals surface area contributed by atoms with E-state index in [4.69, 9.17) is 5.73 Å². The van der Waals surface area contributed by atoms with Gasteiger partial charge in [-0.3, -0.25) is 4.79 Å². The van der Waals surface area contributed by atoms with E-state index in [9.17, 15) is 13.6 Å². The average Bonchev–Trinajstić information content (AvgIpc) is 2.55. The number of benzene rings is 2. The molecule has 0 bridgehead atoms. The van der Waals surface area contributed by atoms with Gasteiger partial charge in [0.2, 0.25) is 5.78 Å². The van der Waals surface area contributed by atoms with Crippen LogP contribution < -0.4 is 5.73 Å². The van der Waals surface area contributed by atoms with Crippen molar-refractivity contribution in [3.05, 3.63) is 83.6 Å². The van der Waals surface area contributed by atoms with Crippen LogP contribution in [0.3, 0.4) is 0 Å². The van der Waals surface area contributed by atoms with Crippen molar-refractivity contribution < 1.29 is 13.6 Å². The van der Waals surface area contributed by atoms with Gasteiger partial charge in [0.25, 0.3) is 0 Å². The lowest BCUT2D eigenvalue weighted by Crippen LogP contribution is -2.08. The van der Waals surface area contributed by atoms with Crippen LogP contribution >= 0.6 is 0 Å². The molecule has 0 saturated heterocycles. The van der Waals surface area contributed by atoms with Crippen LogP contribution in [0.2, 0.25) is 0 Å². The van der Waals surface area contributed by atoms with Gasteiger partial charge in [0.15, 0.2) is 0 Å². The number of anilines is 1. The van der Waals surface area contributed by atoms with E-state index in [1.165, 1.54) is 36.4 Å². The van der Waals surface area contributed by atoms with E-state index >= 15 is 0 Å². The molecule has 0 saturated carbocycles. The third-order valence-corrected chi connectivity index (χ3v) is 3.37. The number of hydrogen-bond acceptors (Lipinski definition) is 3. The van der Waals surface area contributed by atoms with Gasteiger partial charge in [-0.25, -0.2) is 13.8 Å². The van der Waals surface area contributed by atoms with E-state index in [0.717, 1.165) is 0 Å². The number of nitrogens with zero attached hydrogens (tertiary/aromatic N) is 1. The minimum atomic E-state index is -0.438. The second-order valence-electron chi connectivity index (χ2n) is 4.98. The SMILES string of the molecule is Nc1ccc(-c2cccc(F)c2)c(C(=O)c2ccc(F)cc2)n1. The standard InChI is InChI=1S/C18H12F2N2O/c19-13-6-4-11(5-7-13)18(23)17-15(8-9-16(21)22-17)12-2-1-3-14(20)10-12/h1-10H,(H2,21,22). The van der Waals surface area contributed by atoms with Gasteiger partial charge in [-0.15, -0.1) is 0 Å². The summed E-state index contributed by atoms with van der Waals surface area (Å²) < 4.78 is 26.5. The first kappa shape index (κ1) is 14.8. The van der Waals surface area contributed by atoms with E-state index in [1.54, 1.807) is 24.3 Å². The molecule has 3 aromatic rings. The Morgan fingerprint density at radius 3 is 2.35 bits per heavy atom. The highest BCUT2D eigenvalue weighted by Crippen LogP contribution is 2.26. The normalized spacial score (nSPS) is 10.5. The van der Waals surface area contributed by atoms with Gasteiger partial charge >= 0.3 is 0 Å². The fraction of sp³-hybridized carbons (Fsp3) is 0. The van der Waals surface area contributed by atoms with Crippen molar-refractivity contribution in [2.24, 2.45) is 0 Å². The summed E-state index contributed by atoms with van der Waals surface area (Å²) in [7, 11) is 0. The molecule has 0 aliphatic rings. The van der Waals surface area contributed by atoms with Crippen molar-refractivity contribution >= 4 is 11.6 Å². The second kappa shape index (κ2) is 5.96. The van der Waals surface area contributed by atoms with Crippen LogP contribution in [0.15, 0.2) is 60.7 Å². The number of ketones is 1. The maximum atomic E-state index is 13.5. The number of hydrogen-bond donors (Lipinski definition) is 1. The average molecular weight is 310 g/mol. The van der Waals surface area contributed by atoms with Gasteiger partial charge in [-0.05, 0) is 54.1 Å². The molecule has 3 rings (SSSR count). The van der Waals surface area contributed by atoms with Crippen molar-refractivity contribution in [3.63, 3.8) is 0 Å². The van der Waals surface area contributed by atoms with Crippen LogP contribution in [0.25, 0.3) is 11.1 Å². The lowest BCUT2D eigenvalue weighted by molar-refractivity contribution is 0.103. The molecule has 2 aromatic carbocycles. The number of nitrogen functional groups attached to an aromatic ring is 1. The first-order valence-corrected chi connectivity index (χ1v) is 6.87. The van der Waals surface area contributed by atoms with Crippen LogP contribution in [0.4, 0.5) is 14.6 Å². The number of carbonyl (C=O) groups excluding carboxylic acids is 1. The molecule has 114 valence electrons. The minimum absolute atomic E-state index is 0.0993. The van der Waals surface area contributed by atoms with E-state index in [-0.39, 0.29) is 17.1 Å². The highest BCUT2D eigenvalue weighted by Gasteiger charge is 2.17. The van der Waals surface area contributed by atoms with Gasteiger partial charge in [0, 0.05) is 11.1 Å². The molecule has 1 heterocycles. The zero-order valence-corrected chi connectivity index (χ0v) is 12.0. The Labute approximate surface area is 131 Å². The number of halogens is 2. The number of pyridine rings is 1.